The van der Waals surface area contributed by atoms with E-state index in [-0.39, 0.29) is 0 Å². The van der Waals surface area contributed by atoms with Crippen molar-refractivity contribution in [1.82, 2.24) is 15.0 Å². The molecule has 1 aliphatic rings. The zero-order valence-electron chi connectivity index (χ0n) is 18.8. The van der Waals surface area contributed by atoms with Crippen molar-refractivity contribution in [3.63, 3.8) is 0 Å². The molecule has 1 saturated heterocycles. The summed E-state index contributed by atoms with van der Waals surface area (Å²) in [5, 5.41) is 50.9. The van der Waals surface area contributed by atoms with E-state index in [9.17, 15) is 20.4 Å². The number of aromatic nitrogens is 3. The number of aliphatic hydroxyl groups excluding tert-OH is 4. The van der Waals surface area contributed by atoms with E-state index in [0.717, 1.165) is 48.5 Å². The first-order valence-corrected chi connectivity index (χ1v) is 12.2. The molecule has 33 heavy (non-hydrogen) atoms. The number of nitrogens with one attached hydrogen (secondary N) is 1. The van der Waals surface area contributed by atoms with Gasteiger partial charge in [-0.3, -0.25) is 0 Å². The Morgan fingerprint density at radius 1 is 0.909 bits per heavy atom. The molecule has 0 radical (unpaired) electrons. The van der Waals surface area contributed by atoms with Gasteiger partial charge in [-0.05, 0) is 43.5 Å². The number of aryl methyl sites for hydroxylation is 1. The van der Waals surface area contributed by atoms with E-state index in [2.05, 4.69) is 28.3 Å². The third-order valence-corrected chi connectivity index (χ3v) is 6.29. The summed E-state index contributed by atoms with van der Waals surface area (Å²) in [5.74, 6) is 0. The average Bonchev–Trinajstić information content (AvgIpc) is 3.29. The van der Waals surface area contributed by atoms with Crippen molar-refractivity contribution in [1.29, 1.82) is 0 Å². The van der Waals surface area contributed by atoms with Crippen LogP contribution in [0.4, 0.5) is 5.69 Å². The first-order valence-electron chi connectivity index (χ1n) is 11.7. The second-order valence-electron chi connectivity index (χ2n) is 8.61. The highest BCUT2D eigenvalue weighted by Gasteiger charge is 2.44. The molecule has 0 saturated carbocycles. The third-order valence-electron chi connectivity index (χ3n) is 5.99. The van der Waals surface area contributed by atoms with Crippen LogP contribution in [0.25, 0.3) is 0 Å². The molecule has 10 heteroatoms. The number of thiol groups is 1. The molecule has 1 aromatic carbocycles. The fraction of sp³-hybridized carbons (Fsp3) is 0.652. The third kappa shape index (κ3) is 7.66. The lowest BCUT2D eigenvalue weighted by atomic mass is 9.98. The maximum Gasteiger partial charge on any atom is 0.180 e. The van der Waals surface area contributed by atoms with E-state index in [1.165, 1.54) is 30.4 Å². The standard InChI is InChI=1S/C23H36N4O5S/c28-15-19-20(29)21(30)22(31)23(32-19)27-14-17(25-26-27)8-6-4-2-1-3-5-7-13-24-16-9-11-18(33)12-10-16/h9-12,14,19-24,28-31,33H,1-8,13,15H2/t19-,20-,21+,22+,23-/m1/s1. The SMILES string of the molecule is OC[C@H]1O[C@@H](n2cc(CCCCCCCCCNc3ccc(S)cc3)nn2)[C@@H](O)[C@@H](O)[C@@H]1O. The highest BCUT2D eigenvalue weighted by Crippen LogP contribution is 2.27. The quantitative estimate of drug-likeness (QED) is 0.189. The average molecular weight is 481 g/mol. The van der Waals surface area contributed by atoms with Gasteiger partial charge in [0.1, 0.15) is 24.4 Å². The zero-order valence-corrected chi connectivity index (χ0v) is 19.7. The molecule has 1 aromatic heterocycles. The molecule has 0 spiro atoms. The van der Waals surface area contributed by atoms with Crippen molar-refractivity contribution in [3.05, 3.63) is 36.2 Å². The molecule has 0 unspecified atom stereocenters. The number of hydrogen-bond donors (Lipinski definition) is 6. The molecule has 0 amide bonds. The number of ether oxygens (including phenoxy) is 1. The van der Waals surface area contributed by atoms with Crippen LogP contribution >= 0.6 is 12.6 Å². The Morgan fingerprint density at radius 3 is 2.27 bits per heavy atom. The van der Waals surface area contributed by atoms with Gasteiger partial charge in [0.2, 0.25) is 0 Å². The Hall–Kier alpha value is -1.69. The van der Waals surface area contributed by atoms with Gasteiger partial charge in [0.05, 0.1) is 18.5 Å². The minimum absolute atomic E-state index is 0.469. The maximum atomic E-state index is 10.2. The Labute approximate surface area is 200 Å². The molecule has 5 N–H and O–H groups in total. The molecule has 0 bridgehead atoms. The molecule has 1 aliphatic heterocycles. The lowest BCUT2D eigenvalue weighted by Crippen LogP contribution is -2.56. The molecule has 5 atom stereocenters. The minimum Gasteiger partial charge on any atom is -0.394 e. The van der Waals surface area contributed by atoms with E-state index < -0.39 is 37.3 Å². The van der Waals surface area contributed by atoms with Crippen LogP contribution in [0.3, 0.4) is 0 Å². The predicted octanol–water partition coefficient (Wildman–Crippen LogP) is 1.92. The number of unbranched alkanes of at least 4 members (excludes halogenated alkanes) is 6. The Kier molecular flexibility index (Phi) is 10.4. The van der Waals surface area contributed by atoms with Crippen LogP contribution in [0.2, 0.25) is 0 Å². The molecule has 3 rings (SSSR count). The number of rotatable bonds is 13. The van der Waals surface area contributed by atoms with Crippen LogP contribution in [0.1, 0.15) is 56.9 Å². The maximum absolute atomic E-state index is 10.2. The second kappa shape index (κ2) is 13.3. The Morgan fingerprint density at radius 2 is 1.58 bits per heavy atom. The Bertz CT molecular complexity index is 819. The summed E-state index contributed by atoms with van der Waals surface area (Å²) in [7, 11) is 0. The molecule has 184 valence electrons. The molecule has 9 nitrogen and oxygen atoms in total. The number of benzene rings is 1. The van der Waals surface area contributed by atoms with Crippen LogP contribution in [0.5, 0.6) is 0 Å². The molecular weight excluding hydrogens is 444 g/mol. The second-order valence-corrected chi connectivity index (χ2v) is 9.12. The van der Waals surface area contributed by atoms with Crippen LogP contribution in [0.15, 0.2) is 35.4 Å². The van der Waals surface area contributed by atoms with Gasteiger partial charge in [-0.2, -0.15) is 0 Å². The van der Waals surface area contributed by atoms with Crippen molar-refractivity contribution >= 4 is 18.3 Å². The number of nitrogens with zero attached hydrogens (tertiary/aromatic N) is 3. The van der Waals surface area contributed by atoms with E-state index >= 15 is 0 Å². The van der Waals surface area contributed by atoms with Gasteiger partial charge in [-0.25, -0.2) is 4.68 Å². The molecule has 2 heterocycles. The van der Waals surface area contributed by atoms with E-state index in [4.69, 9.17) is 4.74 Å². The summed E-state index contributed by atoms with van der Waals surface area (Å²) in [5.41, 5.74) is 1.92. The number of anilines is 1. The zero-order chi connectivity index (χ0) is 23.6. The van der Waals surface area contributed by atoms with Crippen molar-refractivity contribution < 1.29 is 25.2 Å². The van der Waals surface area contributed by atoms with Crippen LogP contribution in [-0.4, -0.2) is 73.0 Å². The largest absolute Gasteiger partial charge is 0.394 e. The summed E-state index contributed by atoms with van der Waals surface area (Å²) < 4.78 is 6.85. The highest BCUT2D eigenvalue weighted by molar-refractivity contribution is 7.80. The first-order chi connectivity index (χ1) is 16.0. The summed E-state index contributed by atoms with van der Waals surface area (Å²) >= 11 is 4.29. The van der Waals surface area contributed by atoms with Gasteiger partial charge < -0.3 is 30.5 Å². The predicted molar refractivity (Wildman–Crippen MR) is 127 cm³/mol. The fourth-order valence-electron chi connectivity index (χ4n) is 3.98. The smallest absolute Gasteiger partial charge is 0.180 e. The van der Waals surface area contributed by atoms with Crippen molar-refractivity contribution in [3.8, 4) is 0 Å². The lowest BCUT2D eigenvalue weighted by molar-refractivity contribution is -0.254. The number of hydrogen-bond acceptors (Lipinski definition) is 9. The molecule has 1 fully saturated rings. The van der Waals surface area contributed by atoms with Gasteiger partial charge in [0, 0.05) is 17.1 Å². The summed E-state index contributed by atoms with van der Waals surface area (Å²) in [6, 6.07) is 8.07. The van der Waals surface area contributed by atoms with Gasteiger partial charge in [0.15, 0.2) is 6.23 Å². The highest BCUT2D eigenvalue weighted by atomic mass is 32.1. The Balaban J connectivity index is 1.26. The van der Waals surface area contributed by atoms with E-state index in [0.29, 0.717) is 0 Å². The molecule has 0 aliphatic carbocycles. The van der Waals surface area contributed by atoms with E-state index in [1.54, 1.807) is 6.20 Å². The van der Waals surface area contributed by atoms with Crippen molar-refractivity contribution in [2.75, 3.05) is 18.5 Å². The monoisotopic (exact) mass is 480 g/mol. The summed E-state index contributed by atoms with van der Waals surface area (Å²) in [6.45, 7) is 0.514. The van der Waals surface area contributed by atoms with Gasteiger partial charge in [-0.15, -0.1) is 17.7 Å². The van der Waals surface area contributed by atoms with Gasteiger partial charge >= 0.3 is 0 Å². The molecule has 2 aromatic rings. The topological polar surface area (TPSA) is 133 Å². The normalized spacial score (nSPS) is 25.3. The first kappa shape index (κ1) is 25.9. The summed E-state index contributed by atoms with van der Waals surface area (Å²) in [4.78, 5) is 0.971. The van der Waals surface area contributed by atoms with Gasteiger partial charge in [0.25, 0.3) is 0 Å². The van der Waals surface area contributed by atoms with Crippen LogP contribution < -0.4 is 5.32 Å². The fourth-order valence-corrected chi connectivity index (χ4v) is 4.13. The van der Waals surface area contributed by atoms with Crippen molar-refractivity contribution in [2.24, 2.45) is 0 Å². The van der Waals surface area contributed by atoms with E-state index in [1.807, 2.05) is 24.3 Å². The van der Waals surface area contributed by atoms with Crippen LogP contribution in [-0.2, 0) is 11.2 Å². The van der Waals surface area contributed by atoms with Crippen molar-refractivity contribution in [2.45, 2.75) is 86.9 Å². The molecular formula is C23H36N4O5S. The van der Waals surface area contributed by atoms with Crippen LogP contribution in [0, 0.1) is 0 Å². The van der Waals surface area contributed by atoms with Gasteiger partial charge in [-0.1, -0.05) is 37.3 Å². The lowest BCUT2D eigenvalue weighted by Gasteiger charge is -2.39. The minimum atomic E-state index is -1.43. The number of aliphatic hydroxyl groups is 4. The summed E-state index contributed by atoms with van der Waals surface area (Å²) in [6.07, 6.45) is 4.42.